The lowest BCUT2D eigenvalue weighted by atomic mass is 10.2. The van der Waals surface area contributed by atoms with Gasteiger partial charge in [0, 0.05) is 6.20 Å². The van der Waals surface area contributed by atoms with Crippen molar-refractivity contribution in [3.05, 3.63) is 59.3 Å². The first-order valence-corrected chi connectivity index (χ1v) is 7.63. The molecule has 0 heterocycles. The van der Waals surface area contributed by atoms with Crippen molar-refractivity contribution in [2.45, 2.75) is 13.8 Å². The van der Waals surface area contributed by atoms with Crippen molar-refractivity contribution in [2.75, 3.05) is 23.5 Å². The van der Waals surface area contributed by atoms with E-state index in [9.17, 15) is 10.1 Å². The molecule has 0 bridgehead atoms. The Morgan fingerprint density at radius 3 is 2.44 bits per heavy atom. The lowest BCUT2D eigenvalue weighted by molar-refractivity contribution is -0.112. The summed E-state index contributed by atoms with van der Waals surface area (Å²) >= 11 is 0. The second kappa shape index (κ2) is 7.88. The summed E-state index contributed by atoms with van der Waals surface area (Å²) in [5.41, 5.74) is 9.44. The van der Waals surface area contributed by atoms with E-state index in [1.807, 2.05) is 38.1 Å². The van der Waals surface area contributed by atoms with E-state index in [1.54, 1.807) is 18.2 Å². The molecule has 0 aliphatic carbocycles. The van der Waals surface area contributed by atoms with E-state index in [4.69, 9.17) is 10.5 Å². The van der Waals surface area contributed by atoms with Crippen LogP contribution in [-0.4, -0.2) is 13.0 Å². The van der Waals surface area contributed by atoms with Crippen LogP contribution in [0.25, 0.3) is 0 Å². The van der Waals surface area contributed by atoms with Gasteiger partial charge in [-0.3, -0.25) is 4.79 Å². The summed E-state index contributed by atoms with van der Waals surface area (Å²) in [6.07, 6.45) is 1.34. The van der Waals surface area contributed by atoms with Crippen LogP contribution in [0.2, 0.25) is 0 Å². The molecule has 0 aromatic heterocycles. The number of amides is 1. The van der Waals surface area contributed by atoms with E-state index in [0.29, 0.717) is 22.8 Å². The van der Waals surface area contributed by atoms with Gasteiger partial charge < -0.3 is 21.1 Å². The van der Waals surface area contributed by atoms with Crippen LogP contribution in [-0.2, 0) is 4.79 Å². The Labute approximate surface area is 146 Å². The quantitative estimate of drug-likeness (QED) is 0.442. The van der Waals surface area contributed by atoms with Crippen LogP contribution in [0.15, 0.2) is 48.2 Å². The van der Waals surface area contributed by atoms with Crippen molar-refractivity contribution in [1.29, 1.82) is 5.26 Å². The Balaban J connectivity index is 2.20. The number of aryl methyl sites for hydroxylation is 2. The van der Waals surface area contributed by atoms with Crippen molar-refractivity contribution in [3.63, 3.8) is 0 Å². The molecule has 2 aromatic carbocycles. The molecular formula is C19H20N4O2. The Morgan fingerprint density at radius 2 is 1.80 bits per heavy atom. The van der Waals surface area contributed by atoms with Gasteiger partial charge in [-0.15, -0.1) is 0 Å². The maximum absolute atomic E-state index is 12.4. The second-order valence-corrected chi connectivity index (χ2v) is 5.56. The van der Waals surface area contributed by atoms with Crippen LogP contribution in [0.4, 0.5) is 17.1 Å². The molecule has 25 heavy (non-hydrogen) atoms. The van der Waals surface area contributed by atoms with Crippen molar-refractivity contribution in [2.24, 2.45) is 0 Å². The summed E-state index contributed by atoms with van der Waals surface area (Å²) in [5, 5.41) is 14.9. The molecular weight excluding hydrogens is 316 g/mol. The van der Waals surface area contributed by atoms with E-state index in [-0.39, 0.29) is 5.57 Å². The molecule has 4 N–H and O–H groups in total. The summed E-state index contributed by atoms with van der Waals surface area (Å²) in [4.78, 5) is 12.4. The monoisotopic (exact) mass is 336 g/mol. The van der Waals surface area contributed by atoms with Gasteiger partial charge in [-0.25, -0.2) is 0 Å². The van der Waals surface area contributed by atoms with Gasteiger partial charge in [0.15, 0.2) is 0 Å². The number of anilines is 3. The fourth-order valence-corrected chi connectivity index (χ4v) is 2.20. The number of nitrogens with two attached hydrogens (primary N) is 1. The van der Waals surface area contributed by atoms with Crippen LogP contribution in [0.5, 0.6) is 5.75 Å². The molecule has 0 aliphatic heterocycles. The highest BCUT2D eigenvalue weighted by Gasteiger charge is 2.12. The molecule has 6 nitrogen and oxygen atoms in total. The number of nitrogen functional groups attached to an aromatic ring is 1. The first kappa shape index (κ1) is 17.9. The van der Waals surface area contributed by atoms with E-state index in [1.165, 1.54) is 13.3 Å². The molecule has 0 atom stereocenters. The molecule has 0 saturated heterocycles. The molecule has 2 rings (SSSR count). The van der Waals surface area contributed by atoms with Crippen LogP contribution in [0, 0.1) is 25.2 Å². The Morgan fingerprint density at radius 1 is 1.16 bits per heavy atom. The number of methoxy groups -OCH3 is 1. The fraction of sp³-hybridized carbons (Fsp3) is 0.158. The first-order chi connectivity index (χ1) is 11.9. The number of nitrogens with zero attached hydrogens (tertiary/aromatic N) is 1. The molecule has 1 amide bonds. The Kier molecular flexibility index (Phi) is 5.64. The highest BCUT2D eigenvalue weighted by molar-refractivity contribution is 6.07. The van der Waals surface area contributed by atoms with Crippen LogP contribution in [0.3, 0.4) is 0 Å². The minimum Gasteiger partial charge on any atom is -0.495 e. The van der Waals surface area contributed by atoms with Crippen LogP contribution < -0.4 is 21.1 Å². The maximum atomic E-state index is 12.4. The summed E-state index contributed by atoms with van der Waals surface area (Å²) in [5.74, 6) is -0.0164. The lowest BCUT2D eigenvalue weighted by Gasteiger charge is -2.11. The largest absolute Gasteiger partial charge is 0.495 e. The van der Waals surface area contributed by atoms with Crippen LogP contribution in [0.1, 0.15) is 11.1 Å². The number of hydrogen-bond donors (Lipinski definition) is 3. The van der Waals surface area contributed by atoms with Crippen molar-refractivity contribution >= 4 is 23.0 Å². The number of hydrogen-bond acceptors (Lipinski definition) is 5. The van der Waals surface area contributed by atoms with Gasteiger partial charge in [-0.1, -0.05) is 12.1 Å². The molecule has 0 radical (unpaired) electrons. The molecule has 0 aliphatic rings. The van der Waals surface area contributed by atoms with Crippen molar-refractivity contribution < 1.29 is 9.53 Å². The second-order valence-electron chi connectivity index (χ2n) is 5.56. The van der Waals surface area contributed by atoms with E-state index in [2.05, 4.69) is 10.6 Å². The highest BCUT2D eigenvalue weighted by atomic mass is 16.5. The molecule has 2 aromatic rings. The number of rotatable bonds is 5. The minimum absolute atomic E-state index is 0.0792. The third kappa shape index (κ3) is 4.52. The number of carbonyl (C=O) groups excluding carboxylic acids is 1. The van der Waals surface area contributed by atoms with E-state index >= 15 is 0 Å². The van der Waals surface area contributed by atoms with Gasteiger partial charge in [0.2, 0.25) is 0 Å². The summed E-state index contributed by atoms with van der Waals surface area (Å²) in [6, 6.07) is 12.8. The van der Waals surface area contributed by atoms with Gasteiger partial charge in [0.05, 0.1) is 24.2 Å². The number of benzene rings is 2. The lowest BCUT2D eigenvalue weighted by Crippen LogP contribution is -2.15. The smallest absolute Gasteiger partial charge is 0.267 e. The number of nitriles is 1. The van der Waals surface area contributed by atoms with Gasteiger partial charge in [-0.2, -0.15) is 5.26 Å². The third-order valence-corrected chi connectivity index (χ3v) is 3.55. The maximum Gasteiger partial charge on any atom is 0.267 e. The molecule has 0 unspecified atom stereocenters. The van der Waals surface area contributed by atoms with Crippen molar-refractivity contribution in [1.82, 2.24) is 0 Å². The SMILES string of the molecule is COc1ccc(C)cc1NC(=O)/C(C#N)=C\Nc1cc(C)ccc1N. The average Bonchev–Trinajstić information content (AvgIpc) is 2.58. The predicted molar refractivity (Wildman–Crippen MR) is 99.3 cm³/mol. The molecule has 0 fully saturated rings. The van der Waals surface area contributed by atoms with Gasteiger partial charge >= 0.3 is 0 Å². The van der Waals surface area contributed by atoms with Crippen molar-refractivity contribution in [3.8, 4) is 11.8 Å². The van der Waals surface area contributed by atoms with Gasteiger partial charge in [0.1, 0.15) is 17.4 Å². The zero-order valence-corrected chi connectivity index (χ0v) is 14.4. The highest BCUT2D eigenvalue weighted by Crippen LogP contribution is 2.26. The van der Waals surface area contributed by atoms with E-state index < -0.39 is 5.91 Å². The summed E-state index contributed by atoms with van der Waals surface area (Å²) in [6.45, 7) is 3.83. The number of ether oxygens (including phenoxy) is 1. The average molecular weight is 336 g/mol. The zero-order valence-electron chi connectivity index (χ0n) is 14.4. The third-order valence-electron chi connectivity index (χ3n) is 3.55. The fourth-order valence-electron chi connectivity index (χ4n) is 2.20. The molecule has 0 saturated carbocycles. The summed E-state index contributed by atoms with van der Waals surface area (Å²) < 4.78 is 5.22. The van der Waals surface area contributed by atoms with E-state index in [0.717, 1.165) is 11.1 Å². The zero-order chi connectivity index (χ0) is 18.4. The molecule has 0 spiro atoms. The van der Waals surface area contributed by atoms with Gasteiger partial charge in [0.25, 0.3) is 5.91 Å². The Bertz CT molecular complexity index is 866. The molecule has 6 heteroatoms. The van der Waals surface area contributed by atoms with Crippen LogP contribution >= 0.6 is 0 Å². The Hall–Kier alpha value is -3.46. The summed E-state index contributed by atoms with van der Waals surface area (Å²) in [7, 11) is 1.52. The standard InChI is InChI=1S/C19H20N4O2/c1-12-4-6-15(21)16(8-12)22-11-14(10-20)19(24)23-17-9-13(2)5-7-18(17)25-3/h4-9,11,22H,21H2,1-3H3,(H,23,24)/b14-11-. The first-order valence-electron chi connectivity index (χ1n) is 7.63. The predicted octanol–water partition coefficient (Wildman–Crippen LogP) is 3.35. The number of carbonyl (C=O) groups is 1. The van der Waals surface area contributed by atoms with Gasteiger partial charge in [-0.05, 0) is 49.2 Å². The minimum atomic E-state index is -0.537. The topological polar surface area (TPSA) is 100 Å². The number of nitrogens with one attached hydrogen (secondary N) is 2. The normalized spacial score (nSPS) is 10.7. The molecule has 128 valence electrons.